The summed E-state index contributed by atoms with van der Waals surface area (Å²) in [6.45, 7) is -3.93. The molecule has 0 aromatic carbocycles. The summed E-state index contributed by atoms with van der Waals surface area (Å²) < 4.78 is 32.0. The van der Waals surface area contributed by atoms with Crippen LogP contribution in [0.25, 0.3) is 0 Å². The fourth-order valence-corrected chi connectivity index (χ4v) is 5.06. The molecule has 0 unspecified atom stereocenters. The Balaban J connectivity index is 1.85. The maximum absolute atomic E-state index is 12.2. The van der Waals surface area contributed by atoms with Gasteiger partial charge in [-0.15, -0.1) is 0 Å². The van der Waals surface area contributed by atoms with Crippen molar-refractivity contribution in [2.24, 2.45) is 0 Å². The molecule has 22 nitrogen and oxygen atoms in total. The molecule has 270 valence electrons. The van der Waals surface area contributed by atoms with Gasteiger partial charge in [0.25, 0.3) is 0 Å². The summed E-state index contributed by atoms with van der Waals surface area (Å²) in [6.07, 6.45) is -37.9. The Labute approximate surface area is 259 Å². The van der Waals surface area contributed by atoms with Crippen LogP contribution < -0.4 is 0 Å². The van der Waals surface area contributed by atoms with Crippen LogP contribution in [0.3, 0.4) is 0 Å². The fraction of sp³-hybridized carbons (Fsp3) is 0.958. The van der Waals surface area contributed by atoms with Crippen molar-refractivity contribution < 1.29 is 110 Å². The standard InChI is InChI=1S/C24H42O22/c25-1-5(29)9(30)10(31)6(2-26)41-23-17(38)15(36)18(20(46-23)21(39)40)44-24-19(14(35)12(33)8(4-28)43-24)45-22-16(37)13(34)11(32)7(3-27)42-22/h5-20,22-38H,1-4H2,(H,39,40)/t5-,6+,7-,8-,9+,10-,11-,12-,13+,14+,15-,16+,17-,18+,19+,20+,22+,23+,24+/m1/s1. The largest absolute Gasteiger partial charge is 0.479 e. The number of carboxylic acids is 1. The molecule has 0 radical (unpaired) electrons. The molecule has 0 aromatic rings. The van der Waals surface area contributed by atoms with Crippen molar-refractivity contribution in [3.05, 3.63) is 0 Å². The van der Waals surface area contributed by atoms with E-state index in [0.29, 0.717) is 0 Å². The first-order chi connectivity index (χ1) is 21.6. The van der Waals surface area contributed by atoms with E-state index in [4.69, 9.17) is 33.5 Å². The fourth-order valence-electron chi connectivity index (χ4n) is 5.06. The van der Waals surface area contributed by atoms with Crippen molar-refractivity contribution in [1.29, 1.82) is 0 Å². The number of hydrogen-bond acceptors (Lipinski definition) is 21. The lowest BCUT2D eigenvalue weighted by Gasteiger charge is -2.48. The lowest BCUT2D eigenvalue weighted by Crippen LogP contribution is -2.67. The maximum Gasteiger partial charge on any atom is 0.335 e. The lowest BCUT2D eigenvalue weighted by molar-refractivity contribution is -0.388. The van der Waals surface area contributed by atoms with Crippen molar-refractivity contribution in [1.82, 2.24) is 0 Å². The molecule has 3 aliphatic rings. The highest BCUT2D eigenvalue weighted by atomic mass is 16.8. The third-order valence-corrected chi connectivity index (χ3v) is 7.84. The predicted molar refractivity (Wildman–Crippen MR) is 137 cm³/mol. The zero-order chi connectivity index (χ0) is 34.6. The molecule has 3 rings (SSSR count). The molecular formula is C24H42O22. The minimum Gasteiger partial charge on any atom is -0.479 e. The Morgan fingerprint density at radius 1 is 0.587 bits per heavy atom. The van der Waals surface area contributed by atoms with Crippen LogP contribution in [0.4, 0.5) is 0 Å². The van der Waals surface area contributed by atoms with E-state index in [1.54, 1.807) is 0 Å². The predicted octanol–water partition coefficient (Wildman–Crippen LogP) is -10.0. The van der Waals surface area contributed by atoms with Gasteiger partial charge in [-0.25, -0.2) is 4.79 Å². The van der Waals surface area contributed by atoms with Gasteiger partial charge in [-0.2, -0.15) is 0 Å². The normalized spacial score (nSPS) is 44.7. The Morgan fingerprint density at radius 2 is 1.09 bits per heavy atom. The topological polar surface area (TPSA) is 376 Å². The maximum atomic E-state index is 12.2. The highest BCUT2D eigenvalue weighted by Crippen LogP contribution is 2.33. The molecular weight excluding hydrogens is 640 g/mol. The van der Waals surface area contributed by atoms with Gasteiger partial charge in [0.1, 0.15) is 91.6 Å². The molecule has 0 aliphatic carbocycles. The number of aliphatic hydroxyl groups excluding tert-OH is 14. The van der Waals surface area contributed by atoms with Gasteiger partial charge in [0.15, 0.2) is 25.0 Å². The second kappa shape index (κ2) is 16.9. The molecule has 19 atom stereocenters. The zero-order valence-electron chi connectivity index (χ0n) is 23.9. The van der Waals surface area contributed by atoms with Gasteiger partial charge in [0.05, 0.1) is 26.4 Å². The van der Waals surface area contributed by atoms with Crippen molar-refractivity contribution >= 4 is 5.97 Å². The van der Waals surface area contributed by atoms with Crippen molar-refractivity contribution in [2.75, 3.05) is 26.4 Å². The van der Waals surface area contributed by atoms with Gasteiger partial charge >= 0.3 is 5.97 Å². The molecule has 22 heteroatoms. The molecule has 0 bridgehead atoms. The Hall–Kier alpha value is -1.33. The zero-order valence-corrected chi connectivity index (χ0v) is 23.9. The molecule has 15 N–H and O–H groups in total. The van der Waals surface area contributed by atoms with Crippen LogP contribution in [0, 0.1) is 0 Å². The van der Waals surface area contributed by atoms with Crippen LogP contribution in [-0.2, 0) is 33.2 Å². The Bertz CT molecular complexity index is 944. The number of aliphatic hydroxyl groups is 14. The second-order valence-electron chi connectivity index (χ2n) is 10.9. The minimum absolute atomic E-state index is 0.869. The van der Waals surface area contributed by atoms with Crippen LogP contribution in [0.1, 0.15) is 0 Å². The third-order valence-electron chi connectivity index (χ3n) is 7.84. The summed E-state index contributed by atoms with van der Waals surface area (Å²) in [5, 5.41) is 151. The molecule has 0 aromatic heterocycles. The van der Waals surface area contributed by atoms with Gasteiger partial charge in [-0.05, 0) is 0 Å². The molecule has 3 aliphatic heterocycles. The van der Waals surface area contributed by atoms with Crippen LogP contribution in [0.15, 0.2) is 0 Å². The number of hydrogen-bond donors (Lipinski definition) is 15. The molecule has 46 heavy (non-hydrogen) atoms. The second-order valence-corrected chi connectivity index (χ2v) is 10.9. The van der Waals surface area contributed by atoms with E-state index in [-0.39, 0.29) is 0 Å². The van der Waals surface area contributed by atoms with E-state index in [9.17, 15) is 76.3 Å². The highest BCUT2D eigenvalue weighted by Gasteiger charge is 2.55. The van der Waals surface area contributed by atoms with E-state index in [1.807, 2.05) is 0 Å². The molecule has 0 saturated carbocycles. The Morgan fingerprint density at radius 3 is 1.61 bits per heavy atom. The molecule has 0 amide bonds. The number of aliphatic carboxylic acids is 1. The van der Waals surface area contributed by atoms with Crippen LogP contribution >= 0.6 is 0 Å². The van der Waals surface area contributed by atoms with Gasteiger partial charge in [0, 0.05) is 0 Å². The first-order valence-corrected chi connectivity index (χ1v) is 14.0. The van der Waals surface area contributed by atoms with Gasteiger partial charge in [-0.3, -0.25) is 0 Å². The van der Waals surface area contributed by atoms with E-state index >= 15 is 0 Å². The smallest absolute Gasteiger partial charge is 0.335 e. The number of ether oxygens (including phenoxy) is 6. The average molecular weight is 683 g/mol. The molecule has 3 fully saturated rings. The summed E-state index contributed by atoms with van der Waals surface area (Å²) in [5.41, 5.74) is 0. The number of carbonyl (C=O) groups is 1. The summed E-state index contributed by atoms with van der Waals surface area (Å²) in [4.78, 5) is 12.2. The summed E-state index contributed by atoms with van der Waals surface area (Å²) in [5.74, 6) is -1.86. The number of carboxylic acid groups (broad SMARTS) is 1. The van der Waals surface area contributed by atoms with Crippen molar-refractivity contribution in [3.63, 3.8) is 0 Å². The minimum atomic E-state index is -2.28. The summed E-state index contributed by atoms with van der Waals surface area (Å²) in [6, 6.07) is 0. The summed E-state index contributed by atoms with van der Waals surface area (Å²) >= 11 is 0. The Kier molecular flexibility index (Phi) is 14.3. The number of rotatable bonds is 14. The molecule has 3 saturated heterocycles. The first kappa shape index (κ1) is 39.1. The van der Waals surface area contributed by atoms with Gasteiger partial charge < -0.3 is 105 Å². The van der Waals surface area contributed by atoms with E-state index in [2.05, 4.69) is 0 Å². The third kappa shape index (κ3) is 8.27. The SMILES string of the molecule is O=C(O)[C@H]1O[C@H](O[C@@H](CO)[C@@H](O)[C@@H](O)[C@H](O)CO)[C@H](O)[C@@H](O)[C@@H]1O[C@@H]1O[C@H](CO)[C@@H](O)[C@H](O)[C@@H]1O[C@@H]1O[C@H](CO)[C@@H](O)[C@H](O)[C@@H]1O. The lowest BCUT2D eigenvalue weighted by atomic mass is 9.96. The molecule has 3 heterocycles. The average Bonchev–Trinajstić information content (AvgIpc) is 3.04. The first-order valence-electron chi connectivity index (χ1n) is 14.0. The quantitative estimate of drug-likeness (QED) is 0.0808. The van der Waals surface area contributed by atoms with E-state index in [1.165, 1.54) is 0 Å². The highest BCUT2D eigenvalue weighted by molar-refractivity contribution is 5.73. The van der Waals surface area contributed by atoms with Crippen LogP contribution in [0.2, 0.25) is 0 Å². The van der Waals surface area contributed by atoms with Gasteiger partial charge in [-0.1, -0.05) is 0 Å². The monoisotopic (exact) mass is 682 g/mol. The van der Waals surface area contributed by atoms with Crippen molar-refractivity contribution in [3.8, 4) is 0 Å². The van der Waals surface area contributed by atoms with E-state index < -0.39 is 149 Å². The van der Waals surface area contributed by atoms with Crippen LogP contribution in [-0.4, -0.2) is 226 Å². The molecule has 0 spiro atoms. The van der Waals surface area contributed by atoms with Crippen LogP contribution in [0.5, 0.6) is 0 Å². The summed E-state index contributed by atoms with van der Waals surface area (Å²) in [7, 11) is 0. The van der Waals surface area contributed by atoms with Crippen molar-refractivity contribution in [2.45, 2.75) is 117 Å². The van der Waals surface area contributed by atoms with Gasteiger partial charge in [0.2, 0.25) is 0 Å². The van der Waals surface area contributed by atoms with E-state index in [0.717, 1.165) is 0 Å².